The van der Waals surface area contributed by atoms with Gasteiger partial charge in [-0.2, -0.15) is 10.2 Å². The number of aliphatic hydroxyl groups is 1. The van der Waals surface area contributed by atoms with Gasteiger partial charge in [0.2, 0.25) is 0 Å². The first-order valence-corrected chi connectivity index (χ1v) is 10.0. The molecule has 1 fully saturated rings. The number of aliphatic hydroxyl groups excluding tert-OH is 1. The second-order valence-corrected chi connectivity index (χ2v) is 7.62. The molecule has 0 aliphatic heterocycles. The van der Waals surface area contributed by atoms with Crippen LogP contribution in [-0.2, 0) is 0 Å². The number of hydrogen-bond acceptors (Lipinski definition) is 6. The first kappa shape index (κ1) is 17.9. The van der Waals surface area contributed by atoms with E-state index in [1.807, 2.05) is 35.4 Å². The predicted molar refractivity (Wildman–Crippen MR) is 109 cm³/mol. The Balaban J connectivity index is 1.34. The average Bonchev–Trinajstić information content (AvgIpc) is 3.51. The summed E-state index contributed by atoms with van der Waals surface area (Å²) in [7, 11) is 0. The monoisotopic (exact) mass is 392 g/mol. The summed E-state index contributed by atoms with van der Waals surface area (Å²) in [4.78, 5) is 9.05. The lowest BCUT2D eigenvalue weighted by molar-refractivity contribution is 0.202. The highest BCUT2D eigenvalue weighted by molar-refractivity contribution is 5.73. The largest absolute Gasteiger partial charge is 0.396 e. The minimum atomic E-state index is 0.291. The molecule has 29 heavy (non-hydrogen) atoms. The topological polar surface area (TPSA) is 109 Å². The van der Waals surface area contributed by atoms with E-state index in [2.05, 4.69) is 35.3 Å². The van der Waals surface area contributed by atoms with E-state index in [1.165, 1.54) is 0 Å². The standard InChI is InChI=1S/C20H24N8O/c29-8-5-14-1-3-17(4-2-14)28-13-16(11-25-28)26-19-20-21-6-7-27(20)18(12-22-19)15-9-23-24-10-15/h6-7,9-14,17,29H,1-5,8H2,(H,22,26)(H,23,24). The van der Waals surface area contributed by atoms with Gasteiger partial charge in [-0.15, -0.1) is 0 Å². The van der Waals surface area contributed by atoms with Crippen molar-refractivity contribution >= 4 is 17.2 Å². The molecular weight excluding hydrogens is 368 g/mol. The molecule has 0 atom stereocenters. The van der Waals surface area contributed by atoms with Crippen LogP contribution in [0.15, 0.2) is 43.4 Å². The van der Waals surface area contributed by atoms with Crippen LogP contribution in [0, 0.1) is 5.92 Å². The molecule has 0 radical (unpaired) electrons. The summed E-state index contributed by atoms with van der Waals surface area (Å²) in [6.07, 6.45) is 18.4. The van der Waals surface area contributed by atoms with E-state index in [0.29, 0.717) is 24.4 Å². The Labute approximate surface area is 167 Å². The maximum atomic E-state index is 9.13. The molecule has 4 aromatic heterocycles. The number of nitrogens with one attached hydrogen (secondary N) is 2. The van der Waals surface area contributed by atoms with Gasteiger partial charge >= 0.3 is 0 Å². The summed E-state index contributed by atoms with van der Waals surface area (Å²) in [5.74, 6) is 1.34. The fourth-order valence-electron chi connectivity index (χ4n) is 4.23. The summed E-state index contributed by atoms with van der Waals surface area (Å²) in [5.41, 5.74) is 3.53. The fraction of sp³-hybridized carbons (Fsp3) is 0.400. The number of aromatic amines is 1. The molecule has 0 unspecified atom stereocenters. The summed E-state index contributed by atoms with van der Waals surface area (Å²) in [6.45, 7) is 0.291. The van der Waals surface area contributed by atoms with Crippen LogP contribution in [0.5, 0.6) is 0 Å². The van der Waals surface area contributed by atoms with Gasteiger partial charge in [-0.05, 0) is 38.0 Å². The molecule has 5 rings (SSSR count). The third kappa shape index (κ3) is 3.49. The highest BCUT2D eigenvalue weighted by Gasteiger charge is 2.22. The Bertz CT molecular complexity index is 1080. The van der Waals surface area contributed by atoms with Gasteiger partial charge in [0.1, 0.15) is 0 Å². The number of rotatable bonds is 6. The maximum absolute atomic E-state index is 9.13. The van der Waals surface area contributed by atoms with E-state index in [-0.39, 0.29) is 0 Å². The second-order valence-electron chi connectivity index (χ2n) is 7.62. The molecule has 4 aromatic rings. The zero-order chi connectivity index (χ0) is 19.6. The van der Waals surface area contributed by atoms with Crippen molar-refractivity contribution < 1.29 is 5.11 Å². The number of fused-ring (bicyclic) bond motifs is 1. The minimum absolute atomic E-state index is 0.291. The van der Waals surface area contributed by atoms with Crippen molar-refractivity contribution in [3.63, 3.8) is 0 Å². The molecule has 1 aliphatic carbocycles. The first-order chi connectivity index (χ1) is 14.3. The van der Waals surface area contributed by atoms with E-state index in [4.69, 9.17) is 5.11 Å². The Morgan fingerprint density at radius 1 is 1.14 bits per heavy atom. The van der Waals surface area contributed by atoms with Gasteiger partial charge in [-0.25, -0.2) is 9.97 Å². The number of hydrogen-bond donors (Lipinski definition) is 3. The molecule has 1 aliphatic rings. The summed E-state index contributed by atoms with van der Waals surface area (Å²) in [5, 5.41) is 23.9. The normalized spacial score (nSPS) is 19.6. The van der Waals surface area contributed by atoms with E-state index in [1.54, 1.807) is 12.4 Å². The van der Waals surface area contributed by atoms with Crippen LogP contribution in [0.25, 0.3) is 16.9 Å². The van der Waals surface area contributed by atoms with Crippen LogP contribution in [0.3, 0.4) is 0 Å². The summed E-state index contributed by atoms with van der Waals surface area (Å²) < 4.78 is 4.05. The number of H-pyrrole nitrogens is 1. The van der Waals surface area contributed by atoms with Crippen LogP contribution >= 0.6 is 0 Å². The van der Waals surface area contributed by atoms with Gasteiger partial charge < -0.3 is 10.4 Å². The third-order valence-electron chi connectivity index (χ3n) is 5.81. The van der Waals surface area contributed by atoms with Gasteiger partial charge in [0, 0.05) is 37.0 Å². The molecule has 0 amide bonds. The van der Waals surface area contributed by atoms with Crippen molar-refractivity contribution in [1.29, 1.82) is 0 Å². The Morgan fingerprint density at radius 2 is 2.03 bits per heavy atom. The molecule has 9 nitrogen and oxygen atoms in total. The molecule has 9 heteroatoms. The number of nitrogens with zero attached hydrogens (tertiary/aromatic N) is 6. The molecule has 0 aromatic carbocycles. The van der Waals surface area contributed by atoms with Crippen molar-refractivity contribution in [2.24, 2.45) is 5.92 Å². The molecular formula is C20H24N8O. The van der Waals surface area contributed by atoms with E-state index >= 15 is 0 Å². The van der Waals surface area contributed by atoms with Crippen molar-refractivity contribution in [3.05, 3.63) is 43.4 Å². The lowest BCUT2D eigenvalue weighted by Gasteiger charge is -2.28. The maximum Gasteiger partial charge on any atom is 0.180 e. The van der Waals surface area contributed by atoms with Crippen LogP contribution in [0.2, 0.25) is 0 Å². The third-order valence-corrected chi connectivity index (χ3v) is 5.81. The second kappa shape index (κ2) is 7.67. The molecule has 4 heterocycles. The smallest absolute Gasteiger partial charge is 0.180 e. The summed E-state index contributed by atoms with van der Waals surface area (Å²) >= 11 is 0. The zero-order valence-electron chi connectivity index (χ0n) is 16.1. The average molecular weight is 392 g/mol. The quantitative estimate of drug-likeness (QED) is 0.465. The van der Waals surface area contributed by atoms with Crippen molar-refractivity contribution in [2.75, 3.05) is 11.9 Å². The first-order valence-electron chi connectivity index (χ1n) is 10.0. The molecule has 0 saturated heterocycles. The van der Waals surface area contributed by atoms with Crippen molar-refractivity contribution in [2.45, 2.75) is 38.1 Å². The Hall–Kier alpha value is -3.20. The van der Waals surface area contributed by atoms with Crippen LogP contribution in [0.1, 0.15) is 38.1 Å². The lowest BCUT2D eigenvalue weighted by atomic mass is 9.84. The SMILES string of the molecule is OCCC1CCC(n2cc(Nc3ncc(-c4cn[nH]c4)n4ccnc34)cn2)CC1. The molecule has 0 spiro atoms. The van der Waals surface area contributed by atoms with Crippen LogP contribution < -0.4 is 5.32 Å². The Morgan fingerprint density at radius 3 is 2.83 bits per heavy atom. The molecule has 3 N–H and O–H groups in total. The zero-order valence-corrected chi connectivity index (χ0v) is 16.1. The van der Waals surface area contributed by atoms with Gasteiger partial charge in [0.25, 0.3) is 0 Å². The van der Waals surface area contributed by atoms with Crippen LogP contribution in [0.4, 0.5) is 11.5 Å². The summed E-state index contributed by atoms with van der Waals surface area (Å²) in [6, 6.07) is 0.420. The van der Waals surface area contributed by atoms with Crippen LogP contribution in [-0.4, -0.2) is 46.1 Å². The number of aromatic nitrogens is 7. The van der Waals surface area contributed by atoms with Crippen molar-refractivity contribution in [3.8, 4) is 11.3 Å². The van der Waals surface area contributed by atoms with Gasteiger partial charge in [0.15, 0.2) is 11.5 Å². The van der Waals surface area contributed by atoms with E-state index in [0.717, 1.165) is 54.7 Å². The van der Waals surface area contributed by atoms with Gasteiger partial charge in [0.05, 0.1) is 36.0 Å². The molecule has 1 saturated carbocycles. The predicted octanol–water partition coefficient (Wildman–Crippen LogP) is 3.17. The highest BCUT2D eigenvalue weighted by Crippen LogP contribution is 2.34. The minimum Gasteiger partial charge on any atom is -0.396 e. The lowest BCUT2D eigenvalue weighted by Crippen LogP contribution is -2.19. The van der Waals surface area contributed by atoms with Crippen molar-refractivity contribution in [1.82, 2.24) is 34.3 Å². The van der Waals surface area contributed by atoms with E-state index in [9.17, 15) is 0 Å². The highest BCUT2D eigenvalue weighted by atomic mass is 16.3. The Kier molecular flexibility index (Phi) is 4.73. The molecule has 150 valence electrons. The van der Waals surface area contributed by atoms with E-state index < -0.39 is 0 Å². The number of imidazole rings is 1. The number of anilines is 2. The van der Waals surface area contributed by atoms with Gasteiger partial charge in [-0.1, -0.05) is 0 Å². The van der Waals surface area contributed by atoms with Gasteiger partial charge in [-0.3, -0.25) is 14.2 Å². The fourth-order valence-corrected chi connectivity index (χ4v) is 4.23. The molecule has 0 bridgehead atoms.